The van der Waals surface area contributed by atoms with Crippen LogP contribution in [0.25, 0.3) is 0 Å². The Labute approximate surface area is 184 Å². The molecule has 2 aromatic rings. The van der Waals surface area contributed by atoms with Gasteiger partial charge in [0.15, 0.2) is 5.96 Å². The van der Waals surface area contributed by atoms with Crippen LogP contribution in [0, 0.1) is 0 Å². The molecule has 0 spiro atoms. The summed E-state index contributed by atoms with van der Waals surface area (Å²) in [5, 5.41) is 7.67. The smallest absolute Gasteiger partial charge is 0.194 e. The molecule has 1 fully saturated rings. The van der Waals surface area contributed by atoms with Gasteiger partial charge in [-0.15, -0.1) is 24.0 Å². The molecular weight excluding hydrogens is 469 g/mol. The van der Waals surface area contributed by atoms with Crippen LogP contribution in [0.5, 0.6) is 0 Å². The summed E-state index contributed by atoms with van der Waals surface area (Å²) in [5.74, 6) is 0.927. The van der Waals surface area contributed by atoms with E-state index in [1.165, 1.54) is 11.1 Å². The molecule has 0 amide bonds. The fourth-order valence-electron chi connectivity index (χ4n) is 3.15. The molecule has 28 heavy (non-hydrogen) atoms. The Balaban J connectivity index is 0.00000280. The Morgan fingerprint density at radius 2 is 2.07 bits per heavy atom. The van der Waals surface area contributed by atoms with Crippen molar-refractivity contribution in [3.05, 3.63) is 53.3 Å². The van der Waals surface area contributed by atoms with Gasteiger partial charge in [0.2, 0.25) is 0 Å². The number of aryl methyl sites for hydroxylation is 1. The molecular formula is C20H30IN5O2. The number of nitrogens with zero attached hydrogens (tertiary/aromatic N) is 4. The Morgan fingerprint density at radius 1 is 1.32 bits per heavy atom. The van der Waals surface area contributed by atoms with Crippen molar-refractivity contribution >= 4 is 29.9 Å². The molecule has 7 nitrogen and oxygen atoms in total. The zero-order chi connectivity index (χ0) is 19.1. The Morgan fingerprint density at radius 3 is 2.71 bits per heavy atom. The minimum Gasteiger partial charge on any atom is -0.380 e. The number of guanidine groups is 1. The molecule has 3 rings (SSSR count). The quantitative estimate of drug-likeness (QED) is 0.376. The fraction of sp³-hybridized carbons (Fsp3) is 0.500. The van der Waals surface area contributed by atoms with Crippen LogP contribution in [0.2, 0.25) is 0 Å². The molecule has 1 aromatic heterocycles. The van der Waals surface area contributed by atoms with Gasteiger partial charge in [-0.25, -0.2) is 4.99 Å². The second-order valence-electron chi connectivity index (χ2n) is 6.67. The van der Waals surface area contributed by atoms with Gasteiger partial charge in [-0.1, -0.05) is 24.3 Å². The zero-order valence-corrected chi connectivity index (χ0v) is 19.1. The lowest BCUT2D eigenvalue weighted by atomic mass is 10.1. The zero-order valence-electron chi connectivity index (χ0n) is 16.8. The summed E-state index contributed by atoms with van der Waals surface area (Å²) in [6, 6.07) is 8.40. The fourth-order valence-corrected chi connectivity index (χ4v) is 3.15. The van der Waals surface area contributed by atoms with Gasteiger partial charge in [0, 0.05) is 39.0 Å². The van der Waals surface area contributed by atoms with Gasteiger partial charge in [-0.05, 0) is 18.1 Å². The first kappa shape index (κ1) is 22.6. The second kappa shape index (κ2) is 11.4. The molecule has 1 N–H and O–H groups in total. The monoisotopic (exact) mass is 499 g/mol. The predicted octanol–water partition coefficient (Wildman–Crippen LogP) is 2.72. The van der Waals surface area contributed by atoms with Gasteiger partial charge < -0.3 is 19.7 Å². The summed E-state index contributed by atoms with van der Waals surface area (Å²) in [5.41, 5.74) is 3.46. The van der Waals surface area contributed by atoms with Crippen LogP contribution in [-0.4, -0.2) is 54.0 Å². The minimum absolute atomic E-state index is 0. The molecule has 1 saturated heterocycles. The van der Waals surface area contributed by atoms with E-state index in [4.69, 9.17) is 14.5 Å². The number of benzene rings is 1. The molecule has 1 aliphatic rings. The summed E-state index contributed by atoms with van der Waals surface area (Å²) >= 11 is 0. The first-order valence-corrected chi connectivity index (χ1v) is 9.39. The summed E-state index contributed by atoms with van der Waals surface area (Å²) in [4.78, 5) is 7.11. The van der Waals surface area contributed by atoms with Crippen LogP contribution in [-0.2, 0) is 29.7 Å². The van der Waals surface area contributed by atoms with Gasteiger partial charge in [0.1, 0.15) is 6.10 Å². The van der Waals surface area contributed by atoms with E-state index < -0.39 is 0 Å². The highest BCUT2D eigenvalue weighted by molar-refractivity contribution is 14.0. The molecule has 0 bridgehead atoms. The Kier molecular flexibility index (Phi) is 9.20. The average Bonchev–Trinajstić information content (AvgIpc) is 3.13. The van der Waals surface area contributed by atoms with Crippen molar-refractivity contribution in [1.29, 1.82) is 0 Å². The number of hydrogen-bond donors (Lipinski definition) is 1. The maximum atomic E-state index is 5.95. The van der Waals surface area contributed by atoms with Crippen molar-refractivity contribution in [2.45, 2.75) is 26.2 Å². The summed E-state index contributed by atoms with van der Waals surface area (Å²) in [6.45, 7) is 6.48. The first-order valence-electron chi connectivity index (χ1n) is 9.39. The Hall–Kier alpha value is -1.65. The van der Waals surface area contributed by atoms with E-state index in [-0.39, 0.29) is 30.1 Å². The Bertz CT molecular complexity index is 747. The normalized spacial score (nSPS) is 17.3. The molecule has 8 heteroatoms. The largest absolute Gasteiger partial charge is 0.380 e. The number of aliphatic imine (C=N–C) groups is 1. The SMILES string of the molecule is CCNC(=NCc1ccc(COC)cc1)N1CCOC(c2cnn(C)c2)C1.I. The van der Waals surface area contributed by atoms with Crippen LogP contribution in [0.4, 0.5) is 0 Å². The molecule has 1 unspecified atom stereocenters. The third-order valence-electron chi connectivity index (χ3n) is 4.54. The minimum atomic E-state index is 0. The van der Waals surface area contributed by atoms with E-state index >= 15 is 0 Å². The first-order chi connectivity index (χ1) is 13.2. The van der Waals surface area contributed by atoms with Crippen molar-refractivity contribution in [3.8, 4) is 0 Å². The van der Waals surface area contributed by atoms with E-state index in [0.29, 0.717) is 19.8 Å². The van der Waals surface area contributed by atoms with E-state index in [1.54, 1.807) is 7.11 Å². The number of methoxy groups -OCH3 is 1. The lowest BCUT2D eigenvalue weighted by Gasteiger charge is -2.34. The number of hydrogen-bond acceptors (Lipinski definition) is 4. The molecule has 2 heterocycles. The number of ether oxygens (including phenoxy) is 2. The highest BCUT2D eigenvalue weighted by Crippen LogP contribution is 2.21. The van der Waals surface area contributed by atoms with Crippen LogP contribution < -0.4 is 5.32 Å². The lowest BCUT2D eigenvalue weighted by molar-refractivity contribution is -0.00805. The van der Waals surface area contributed by atoms with Gasteiger partial charge in [0.25, 0.3) is 0 Å². The van der Waals surface area contributed by atoms with E-state index in [9.17, 15) is 0 Å². The topological polar surface area (TPSA) is 63.9 Å². The van der Waals surface area contributed by atoms with E-state index in [0.717, 1.165) is 31.2 Å². The number of nitrogens with one attached hydrogen (secondary N) is 1. The summed E-state index contributed by atoms with van der Waals surface area (Å²) in [6.07, 6.45) is 3.91. The molecule has 0 saturated carbocycles. The van der Waals surface area contributed by atoms with Crippen molar-refractivity contribution in [2.24, 2.45) is 12.0 Å². The number of morpholine rings is 1. The molecule has 0 radical (unpaired) electrons. The van der Waals surface area contributed by atoms with Crippen molar-refractivity contribution in [1.82, 2.24) is 20.0 Å². The van der Waals surface area contributed by atoms with Gasteiger partial charge >= 0.3 is 0 Å². The standard InChI is InChI=1S/C20H29N5O2.HI/c1-4-21-20(22-11-16-5-7-17(8-6-16)15-26-3)25-9-10-27-19(14-25)18-12-23-24(2)13-18;/h5-8,12-13,19H,4,9-11,14-15H2,1-3H3,(H,21,22);1H. The van der Waals surface area contributed by atoms with Crippen molar-refractivity contribution in [2.75, 3.05) is 33.4 Å². The predicted molar refractivity (Wildman–Crippen MR) is 121 cm³/mol. The van der Waals surface area contributed by atoms with Crippen LogP contribution in [0.15, 0.2) is 41.7 Å². The number of aromatic nitrogens is 2. The molecule has 1 atom stereocenters. The van der Waals surface area contributed by atoms with Crippen molar-refractivity contribution in [3.63, 3.8) is 0 Å². The third-order valence-corrected chi connectivity index (χ3v) is 4.54. The van der Waals surface area contributed by atoms with Crippen molar-refractivity contribution < 1.29 is 9.47 Å². The second-order valence-corrected chi connectivity index (χ2v) is 6.67. The average molecular weight is 499 g/mol. The van der Waals surface area contributed by atoms with Gasteiger partial charge in [-0.2, -0.15) is 5.10 Å². The summed E-state index contributed by atoms with van der Waals surface area (Å²) < 4.78 is 12.9. The van der Waals surface area contributed by atoms with Crippen LogP contribution in [0.3, 0.4) is 0 Å². The molecule has 1 aliphatic heterocycles. The molecule has 0 aliphatic carbocycles. The molecule has 1 aromatic carbocycles. The lowest BCUT2D eigenvalue weighted by Crippen LogP contribution is -2.48. The number of rotatable bonds is 6. The van der Waals surface area contributed by atoms with E-state index in [2.05, 4.69) is 46.5 Å². The van der Waals surface area contributed by atoms with Gasteiger partial charge in [0.05, 0.1) is 32.5 Å². The maximum Gasteiger partial charge on any atom is 0.194 e. The van der Waals surface area contributed by atoms with Gasteiger partial charge in [-0.3, -0.25) is 4.68 Å². The highest BCUT2D eigenvalue weighted by Gasteiger charge is 2.25. The maximum absolute atomic E-state index is 5.95. The molecule has 154 valence electrons. The van der Waals surface area contributed by atoms with Crippen LogP contribution in [0.1, 0.15) is 29.7 Å². The summed E-state index contributed by atoms with van der Waals surface area (Å²) in [7, 11) is 3.63. The highest BCUT2D eigenvalue weighted by atomic mass is 127. The number of halogens is 1. The van der Waals surface area contributed by atoms with Crippen LogP contribution >= 0.6 is 24.0 Å². The third kappa shape index (κ3) is 6.18. The van der Waals surface area contributed by atoms with E-state index in [1.807, 2.05) is 24.1 Å².